The van der Waals surface area contributed by atoms with Crippen LogP contribution in [0.5, 0.6) is 5.75 Å². The van der Waals surface area contributed by atoms with E-state index >= 15 is 0 Å². The van der Waals surface area contributed by atoms with E-state index in [0.717, 1.165) is 23.6 Å². The molecule has 27 heavy (non-hydrogen) atoms. The van der Waals surface area contributed by atoms with Gasteiger partial charge in [0.05, 0.1) is 12.3 Å². The van der Waals surface area contributed by atoms with Crippen molar-refractivity contribution in [3.05, 3.63) is 54.4 Å². The number of nitrogens with one attached hydrogen (secondary N) is 1. The number of benzene rings is 1. The van der Waals surface area contributed by atoms with Crippen LogP contribution in [-0.4, -0.2) is 23.6 Å². The number of ether oxygens (including phenoxy) is 1. The maximum absolute atomic E-state index is 5.48. The third-order valence-corrected chi connectivity index (χ3v) is 3.99. The van der Waals surface area contributed by atoms with Gasteiger partial charge >= 0.3 is 0 Å². The first-order chi connectivity index (χ1) is 13.3. The zero-order valence-electron chi connectivity index (χ0n) is 16.4. The molecule has 5 heteroatoms. The first kappa shape index (κ1) is 20.6. The average molecular weight is 367 g/mol. The second-order valence-electron chi connectivity index (χ2n) is 6.23. The summed E-state index contributed by atoms with van der Waals surface area (Å²) in [6.45, 7) is 4.85. The summed E-state index contributed by atoms with van der Waals surface area (Å²) >= 11 is 0. The SMILES string of the molecule is CCCCCCC/C=N/NC(=Nc1ccc(OCC)cc1)c1ccccn1. The molecule has 2 rings (SSSR count). The first-order valence-electron chi connectivity index (χ1n) is 9.84. The second-order valence-corrected chi connectivity index (χ2v) is 6.23. The van der Waals surface area contributed by atoms with Crippen molar-refractivity contribution < 1.29 is 4.74 Å². The molecule has 0 aliphatic carbocycles. The fourth-order valence-corrected chi connectivity index (χ4v) is 2.57. The summed E-state index contributed by atoms with van der Waals surface area (Å²) in [5.41, 5.74) is 4.63. The van der Waals surface area contributed by atoms with Gasteiger partial charge in [-0.05, 0) is 56.2 Å². The fourth-order valence-electron chi connectivity index (χ4n) is 2.57. The van der Waals surface area contributed by atoms with Crippen molar-refractivity contribution >= 4 is 17.7 Å². The minimum atomic E-state index is 0.627. The van der Waals surface area contributed by atoms with E-state index in [0.29, 0.717) is 12.4 Å². The van der Waals surface area contributed by atoms with Crippen molar-refractivity contribution in [2.24, 2.45) is 10.1 Å². The van der Waals surface area contributed by atoms with Crippen LogP contribution >= 0.6 is 0 Å². The molecule has 0 bridgehead atoms. The van der Waals surface area contributed by atoms with Crippen LogP contribution in [-0.2, 0) is 0 Å². The Morgan fingerprint density at radius 2 is 1.85 bits per heavy atom. The van der Waals surface area contributed by atoms with Gasteiger partial charge in [-0.25, -0.2) is 4.99 Å². The Morgan fingerprint density at radius 3 is 2.56 bits per heavy atom. The number of unbranched alkanes of at least 4 members (excludes halogenated alkanes) is 5. The van der Waals surface area contributed by atoms with E-state index in [2.05, 4.69) is 27.4 Å². The second kappa shape index (κ2) is 12.6. The van der Waals surface area contributed by atoms with Gasteiger partial charge in [-0.15, -0.1) is 0 Å². The molecule has 0 spiro atoms. The first-order valence-corrected chi connectivity index (χ1v) is 9.84. The van der Waals surface area contributed by atoms with Gasteiger partial charge in [0.2, 0.25) is 0 Å². The summed E-state index contributed by atoms with van der Waals surface area (Å²) in [5.74, 6) is 1.46. The normalized spacial score (nSPS) is 11.7. The third-order valence-electron chi connectivity index (χ3n) is 3.99. The Morgan fingerprint density at radius 1 is 1.04 bits per heavy atom. The van der Waals surface area contributed by atoms with Gasteiger partial charge in [0, 0.05) is 12.4 Å². The van der Waals surface area contributed by atoms with E-state index in [1.165, 1.54) is 32.1 Å². The summed E-state index contributed by atoms with van der Waals surface area (Å²) in [4.78, 5) is 9.04. The zero-order valence-corrected chi connectivity index (χ0v) is 16.4. The highest BCUT2D eigenvalue weighted by Crippen LogP contribution is 2.18. The molecule has 0 radical (unpaired) electrons. The molecule has 0 unspecified atom stereocenters. The molecule has 2 aromatic rings. The molecule has 1 aromatic carbocycles. The molecule has 5 nitrogen and oxygen atoms in total. The number of hydrogen-bond acceptors (Lipinski definition) is 4. The van der Waals surface area contributed by atoms with Crippen molar-refractivity contribution in [1.29, 1.82) is 0 Å². The molecule has 0 amide bonds. The number of hydrogen-bond donors (Lipinski definition) is 1. The predicted molar refractivity (Wildman–Crippen MR) is 113 cm³/mol. The Hall–Kier alpha value is -2.69. The molecule has 0 saturated heterocycles. The fraction of sp³-hybridized carbons (Fsp3) is 0.409. The van der Waals surface area contributed by atoms with Crippen LogP contribution in [0.3, 0.4) is 0 Å². The quantitative estimate of drug-likeness (QED) is 0.247. The van der Waals surface area contributed by atoms with Crippen molar-refractivity contribution in [3.8, 4) is 5.75 Å². The Kier molecular flexibility index (Phi) is 9.64. The van der Waals surface area contributed by atoms with Gasteiger partial charge in [0.1, 0.15) is 11.4 Å². The number of nitrogens with zero attached hydrogens (tertiary/aromatic N) is 3. The standard InChI is InChI=1S/C22H30N4O/c1-3-5-6-7-8-10-18-24-26-22(21-12-9-11-17-23-21)25-19-13-15-20(16-14-19)27-4-2/h9,11-18H,3-8,10H2,1-2H3,(H,25,26)/b24-18+. The topological polar surface area (TPSA) is 58.9 Å². The van der Waals surface area contributed by atoms with E-state index in [-0.39, 0.29) is 0 Å². The highest BCUT2D eigenvalue weighted by molar-refractivity contribution is 5.98. The highest BCUT2D eigenvalue weighted by Gasteiger charge is 2.04. The van der Waals surface area contributed by atoms with Crippen molar-refractivity contribution in [2.45, 2.75) is 52.4 Å². The van der Waals surface area contributed by atoms with Crippen LogP contribution in [0.25, 0.3) is 0 Å². The third kappa shape index (κ3) is 8.03. The van der Waals surface area contributed by atoms with Crippen molar-refractivity contribution in [1.82, 2.24) is 10.4 Å². The molecule has 0 fully saturated rings. The maximum atomic E-state index is 5.48. The maximum Gasteiger partial charge on any atom is 0.172 e. The number of amidine groups is 1. The van der Waals surface area contributed by atoms with E-state index in [1.54, 1.807) is 6.20 Å². The lowest BCUT2D eigenvalue weighted by Crippen LogP contribution is -2.20. The lowest BCUT2D eigenvalue weighted by molar-refractivity contribution is 0.340. The minimum absolute atomic E-state index is 0.627. The van der Waals surface area contributed by atoms with Gasteiger partial charge in [0.15, 0.2) is 5.84 Å². The van der Waals surface area contributed by atoms with Crippen molar-refractivity contribution in [2.75, 3.05) is 6.61 Å². The van der Waals surface area contributed by atoms with Gasteiger partial charge in [-0.1, -0.05) is 38.7 Å². The average Bonchev–Trinajstić information content (AvgIpc) is 2.71. The van der Waals surface area contributed by atoms with Crippen LogP contribution < -0.4 is 10.2 Å². The molecule has 0 atom stereocenters. The summed E-state index contributed by atoms with van der Waals surface area (Å²) in [7, 11) is 0. The lowest BCUT2D eigenvalue weighted by Gasteiger charge is -2.06. The lowest BCUT2D eigenvalue weighted by atomic mass is 10.1. The summed E-state index contributed by atoms with van der Waals surface area (Å²) in [6.07, 6.45) is 10.9. The summed E-state index contributed by atoms with van der Waals surface area (Å²) < 4.78 is 5.48. The molecular formula is C22H30N4O. The molecule has 0 aliphatic rings. The number of hydrazone groups is 1. The van der Waals surface area contributed by atoms with Crippen LogP contribution in [0.15, 0.2) is 58.8 Å². The van der Waals surface area contributed by atoms with E-state index in [9.17, 15) is 0 Å². The molecule has 0 saturated carbocycles. The molecule has 1 N–H and O–H groups in total. The number of pyridine rings is 1. The van der Waals surface area contributed by atoms with Gasteiger partial charge < -0.3 is 4.74 Å². The van der Waals surface area contributed by atoms with Crippen LogP contribution in [0.1, 0.15) is 58.1 Å². The zero-order chi connectivity index (χ0) is 19.2. The number of aliphatic imine (C=N–C) groups is 1. The van der Waals surface area contributed by atoms with Gasteiger partial charge in [-0.2, -0.15) is 5.10 Å². The van der Waals surface area contributed by atoms with E-state index in [1.807, 2.05) is 55.6 Å². The van der Waals surface area contributed by atoms with Gasteiger partial charge in [-0.3, -0.25) is 10.4 Å². The van der Waals surface area contributed by atoms with E-state index in [4.69, 9.17) is 4.74 Å². The highest BCUT2D eigenvalue weighted by atomic mass is 16.5. The predicted octanol–water partition coefficient (Wildman–Crippen LogP) is 5.49. The monoisotopic (exact) mass is 366 g/mol. The number of aromatic nitrogens is 1. The molecule has 1 heterocycles. The number of rotatable bonds is 11. The summed E-state index contributed by atoms with van der Waals surface area (Å²) in [5, 5.41) is 4.34. The minimum Gasteiger partial charge on any atom is -0.494 e. The molecular weight excluding hydrogens is 336 g/mol. The van der Waals surface area contributed by atoms with Crippen LogP contribution in [0.4, 0.5) is 5.69 Å². The molecule has 144 valence electrons. The smallest absolute Gasteiger partial charge is 0.172 e. The summed E-state index contributed by atoms with van der Waals surface area (Å²) in [6, 6.07) is 13.4. The van der Waals surface area contributed by atoms with Crippen LogP contribution in [0, 0.1) is 0 Å². The van der Waals surface area contributed by atoms with Gasteiger partial charge in [0.25, 0.3) is 0 Å². The Balaban J connectivity index is 1.99. The Bertz CT molecular complexity index is 696. The van der Waals surface area contributed by atoms with E-state index < -0.39 is 0 Å². The molecule has 0 aliphatic heterocycles. The Labute approximate surface area is 162 Å². The van der Waals surface area contributed by atoms with Crippen LogP contribution in [0.2, 0.25) is 0 Å². The largest absolute Gasteiger partial charge is 0.494 e. The molecule has 1 aromatic heterocycles. The van der Waals surface area contributed by atoms with Crippen molar-refractivity contribution in [3.63, 3.8) is 0 Å².